The van der Waals surface area contributed by atoms with Gasteiger partial charge in [0.05, 0.1) is 14.2 Å². The zero-order chi connectivity index (χ0) is 18.8. The molecule has 2 aromatic rings. The third-order valence-corrected chi connectivity index (χ3v) is 3.85. The van der Waals surface area contributed by atoms with E-state index < -0.39 is 6.10 Å². The van der Waals surface area contributed by atoms with Gasteiger partial charge in [0.1, 0.15) is 18.5 Å². The van der Waals surface area contributed by atoms with Crippen molar-refractivity contribution in [2.45, 2.75) is 19.6 Å². The van der Waals surface area contributed by atoms with Crippen molar-refractivity contribution in [2.24, 2.45) is 0 Å². The molecule has 0 aliphatic rings. The van der Waals surface area contributed by atoms with Crippen LogP contribution in [-0.2, 0) is 6.54 Å². The predicted molar refractivity (Wildman–Crippen MR) is 104 cm³/mol. The lowest BCUT2D eigenvalue weighted by atomic mass is 10.2. The summed E-state index contributed by atoms with van der Waals surface area (Å²) >= 11 is 0. The van der Waals surface area contributed by atoms with E-state index in [-0.39, 0.29) is 6.61 Å². The third-order valence-electron chi connectivity index (χ3n) is 3.85. The van der Waals surface area contributed by atoms with Crippen LogP contribution in [0.2, 0.25) is 0 Å². The fraction of sp³-hybridized carbons (Fsp3) is 0.333. The Balaban J connectivity index is 1.78. The number of hydrogen-bond donors (Lipinski definition) is 2. The highest BCUT2D eigenvalue weighted by molar-refractivity contribution is 5.55. The molecule has 0 amide bonds. The summed E-state index contributed by atoms with van der Waals surface area (Å²) in [5.74, 6) is 2.10. The maximum absolute atomic E-state index is 10.1. The molecule has 0 spiro atoms. The van der Waals surface area contributed by atoms with Gasteiger partial charge in [-0.05, 0) is 42.3 Å². The molecule has 0 fully saturated rings. The van der Waals surface area contributed by atoms with Crippen LogP contribution >= 0.6 is 0 Å². The summed E-state index contributed by atoms with van der Waals surface area (Å²) in [7, 11) is 3.25. The van der Waals surface area contributed by atoms with Crippen LogP contribution in [0, 0.1) is 0 Å². The lowest BCUT2D eigenvalue weighted by molar-refractivity contribution is 0.104. The van der Waals surface area contributed by atoms with Gasteiger partial charge in [0.25, 0.3) is 0 Å². The molecule has 2 aromatic carbocycles. The molecular formula is C21H27NO4. The minimum atomic E-state index is -0.617. The second kappa shape index (κ2) is 10.5. The Hall–Kier alpha value is -2.50. The largest absolute Gasteiger partial charge is 0.497 e. The van der Waals surface area contributed by atoms with Crippen molar-refractivity contribution < 1.29 is 19.3 Å². The second-order valence-corrected chi connectivity index (χ2v) is 5.85. The minimum Gasteiger partial charge on any atom is -0.497 e. The highest BCUT2D eigenvalue weighted by atomic mass is 16.5. The number of methoxy groups -OCH3 is 2. The summed E-state index contributed by atoms with van der Waals surface area (Å²) in [6.45, 7) is 3.26. The van der Waals surface area contributed by atoms with E-state index in [1.54, 1.807) is 14.2 Å². The van der Waals surface area contributed by atoms with Gasteiger partial charge in [-0.15, -0.1) is 0 Å². The molecule has 5 heteroatoms. The Kier molecular flexibility index (Phi) is 7.99. The van der Waals surface area contributed by atoms with Crippen molar-refractivity contribution in [3.8, 4) is 17.2 Å². The molecule has 0 bridgehead atoms. The predicted octanol–water partition coefficient (Wildman–Crippen LogP) is 3.27. The van der Waals surface area contributed by atoms with Crippen LogP contribution in [0.15, 0.2) is 48.5 Å². The van der Waals surface area contributed by atoms with E-state index in [2.05, 4.69) is 5.32 Å². The summed E-state index contributed by atoms with van der Waals surface area (Å²) in [4.78, 5) is 0. The number of benzene rings is 2. The highest BCUT2D eigenvalue weighted by Crippen LogP contribution is 2.28. The van der Waals surface area contributed by atoms with Gasteiger partial charge in [0, 0.05) is 13.1 Å². The number of aliphatic hydroxyl groups excluding tert-OH is 1. The van der Waals surface area contributed by atoms with Crippen LogP contribution < -0.4 is 19.5 Å². The summed E-state index contributed by atoms with van der Waals surface area (Å²) in [6.07, 6.45) is 3.34. The first kappa shape index (κ1) is 19.8. The molecule has 2 N–H and O–H groups in total. The van der Waals surface area contributed by atoms with Gasteiger partial charge in [0.2, 0.25) is 0 Å². The molecule has 0 saturated carbocycles. The van der Waals surface area contributed by atoms with Crippen LogP contribution in [0.4, 0.5) is 0 Å². The Labute approximate surface area is 155 Å². The van der Waals surface area contributed by atoms with Gasteiger partial charge in [-0.2, -0.15) is 0 Å². The van der Waals surface area contributed by atoms with Crippen molar-refractivity contribution in [1.82, 2.24) is 5.32 Å². The zero-order valence-electron chi connectivity index (χ0n) is 15.6. The normalized spacial score (nSPS) is 12.2. The van der Waals surface area contributed by atoms with Gasteiger partial charge in [0.15, 0.2) is 11.5 Å². The zero-order valence-corrected chi connectivity index (χ0v) is 15.6. The van der Waals surface area contributed by atoms with Crippen LogP contribution in [0.3, 0.4) is 0 Å². The van der Waals surface area contributed by atoms with E-state index >= 15 is 0 Å². The van der Waals surface area contributed by atoms with E-state index in [4.69, 9.17) is 14.2 Å². The van der Waals surface area contributed by atoms with Crippen molar-refractivity contribution in [3.63, 3.8) is 0 Å². The molecule has 0 saturated heterocycles. The summed E-state index contributed by atoms with van der Waals surface area (Å²) in [5.41, 5.74) is 2.17. The summed E-state index contributed by atoms with van der Waals surface area (Å²) in [6, 6.07) is 13.5. The van der Waals surface area contributed by atoms with E-state index in [9.17, 15) is 5.11 Å². The van der Waals surface area contributed by atoms with Gasteiger partial charge in [-0.25, -0.2) is 0 Å². The smallest absolute Gasteiger partial charge is 0.161 e. The number of ether oxygens (including phenoxy) is 3. The average molecular weight is 357 g/mol. The second-order valence-electron chi connectivity index (χ2n) is 5.85. The number of rotatable bonds is 10. The number of hydrogen-bond acceptors (Lipinski definition) is 5. The summed E-state index contributed by atoms with van der Waals surface area (Å²) < 4.78 is 16.2. The standard InChI is InChI=1S/C21H27NO4/c1-4-5-16-8-11-20(21(12-16)25-3)26-15-18(23)14-22-13-17-6-9-19(24-2)10-7-17/h4-12,18,22-23H,13-15H2,1-3H3/b5-4+/t18-/m1/s1. The number of aliphatic hydroxyl groups is 1. The number of allylic oxidation sites excluding steroid dienone is 1. The van der Waals surface area contributed by atoms with E-state index in [0.717, 1.165) is 16.9 Å². The average Bonchev–Trinajstić information content (AvgIpc) is 2.67. The fourth-order valence-electron chi connectivity index (χ4n) is 2.47. The van der Waals surface area contributed by atoms with Crippen molar-refractivity contribution in [3.05, 3.63) is 59.7 Å². The Bertz CT molecular complexity index is 698. The van der Waals surface area contributed by atoms with Gasteiger partial charge in [-0.1, -0.05) is 30.4 Å². The molecule has 26 heavy (non-hydrogen) atoms. The topological polar surface area (TPSA) is 60.0 Å². The van der Waals surface area contributed by atoms with Gasteiger partial charge < -0.3 is 24.6 Å². The van der Waals surface area contributed by atoms with Gasteiger partial charge >= 0.3 is 0 Å². The Morgan fingerprint density at radius 2 is 1.81 bits per heavy atom. The van der Waals surface area contributed by atoms with Crippen LogP contribution in [0.1, 0.15) is 18.1 Å². The lowest BCUT2D eigenvalue weighted by Gasteiger charge is -2.15. The van der Waals surface area contributed by atoms with Crippen molar-refractivity contribution >= 4 is 6.08 Å². The fourth-order valence-corrected chi connectivity index (χ4v) is 2.47. The van der Waals surface area contributed by atoms with Crippen molar-refractivity contribution in [1.29, 1.82) is 0 Å². The SMILES string of the molecule is C/C=C/c1ccc(OC[C@H](O)CNCc2ccc(OC)cc2)c(OC)c1. The van der Waals surface area contributed by atoms with E-state index in [0.29, 0.717) is 24.6 Å². The molecule has 0 unspecified atom stereocenters. The first-order valence-corrected chi connectivity index (χ1v) is 8.61. The monoisotopic (exact) mass is 357 g/mol. The highest BCUT2D eigenvalue weighted by Gasteiger charge is 2.09. The van der Waals surface area contributed by atoms with Crippen LogP contribution in [0.25, 0.3) is 6.08 Å². The molecule has 140 valence electrons. The molecule has 0 heterocycles. The molecule has 1 atom stereocenters. The molecular weight excluding hydrogens is 330 g/mol. The maximum atomic E-state index is 10.1. The van der Waals surface area contributed by atoms with E-state index in [1.165, 1.54) is 0 Å². The molecule has 0 aliphatic heterocycles. The van der Waals surface area contributed by atoms with Gasteiger partial charge in [-0.3, -0.25) is 0 Å². The van der Waals surface area contributed by atoms with Crippen LogP contribution in [0.5, 0.6) is 17.2 Å². The first-order chi connectivity index (χ1) is 12.7. The Morgan fingerprint density at radius 1 is 1.04 bits per heavy atom. The molecule has 0 radical (unpaired) electrons. The third kappa shape index (κ3) is 6.10. The molecule has 2 rings (SSSR count). The summed E-state index contributed by atoms with van der Waals surface area (Å²) in [5, 5.41) is 13.3. The van der Waals surface area contributed by atoms with Crippen LogP contribution in [-0.4, -0.2) is 38.6 Å². The molecule has 0 aromatic heterocycles. The maximum Gasteiger partial charge on any atom is 0.161 e. The number of nitrogens with one attached hydrogen (secondary N) is 1. The first-order valence-electron chi connectivity index (χ1n) is 8.61. The van der Waals surface area contributed by atoms with Crippen molar-refractivity contribution in [2.75, 3.05) is 27.4 Å². The Morgan fingerprint density at radius 3 is 2.46 bits per heavy atom. The quantitative estimate of drug-likeness (QED) is 0.683. The molecule has 5 nitrogen and oxygen atoms in total. The van der Waals surface area contributed by atoms with E-state index in [1.807, 2.05) is 61.5 Å². The molecule has 0 aliphatic carbocycles. The minimum absolute atomic E-state index is 0.189. The lowest BCUT2D eigenvalue weighted by Crippen LogP contribution is -2.31.